The van der Waals surface area contributed by atoms with Gasteiger partial charge in [-0.1, -0.05) is 24.3 Å². The number of nitrogens with zero attached hydrogens (tertiary/aromatic N) is 1. The quantitative estimate of drug-likeness (QED) is 0.886. The van der Waals surface area contributed by atoms with Crippen LogP contribution in [0.15, 0.2) is 42.5 Å². The summed E-state index contributed by atoms with van der Waals surface area (Å²) in [6.07, 6.45) is 0. The van der Waals surface area contributed by atoms with E-state index in [4.69, 9.17) is 10.5 Å². The van der Waals surface area contributed by atoms with Crippen molar-refractivity contribution in [3.8, 4) is 0 Å². The number of primary amides is 1. The Bertz CT molecular complexity index is 724. The average Bonchev–Trinajstić information content (AvgIpc) is 2.62. The third-order valence-corrected chi connectivity index (χ3v) is 4.33. The fourth-order valence-corrected chi connectivity index (χ4v) is 2.97. The van der Waals surface area contributed by atoms with Gasteiger partial charge in [0.25, 0.3) is 0 Å². The predicted molar refractivity (Wildman–Crippen MR) is 96.5 cm³/mol. The van der Waals surface area contributed by atoms with E-state index >= 15 is 0 Å². The minimum absolute atomic E-state index is 0.398. The van der Waals surface area contributed by atoms with Crippen molar-refractivity contribution in [3.63, 3.8) is 0 Å². The monoisotopic (exact) mass is 325 g/mol. The molecule has 24 heavy (non-hydrogen) atoms. The molecule has 2 aromatic rings. The predicted octanol–water partition coefficient (Wildman–Crippen LogP) is 2.54. The summed E-state index contributed by atoms with van der Waals surface area (Å²) in [7, 11) is 0. The molecule has 0 unspecified atom stereocenters. The Morgan fingerprint density at radius 1 is 1.21 bits per heavy atom. The van der Waals surface area contributed by atoms with Crippen LogP contribution in [0.4, 0.5) is 11.4 Å². The van der Waals surface area contributed by atoms with Crippen LogP contribution in [-0.4, -0.2) is 32.2 Å². The molecule has 1 heterocycles. The minimum Gasteiger partial charge on any atom is -0.381 e. The molecule has 126 valence electrons. The molecule has 0 atom stereocenters. The number of para-hydroxylation sites is 1. The van der Waals surface area contributed by atoms with E-state index < -0.39 is 5.91 Å². The first kappa shape index (κ1) is 16.3. The molecule has 1 aliphatic rings. The third kappa shape index (κ3) is 3.68. The molecular weight excluding hydrogens is 302 g/mol. The van der Waals surface area contributed by atoms with Crippen molar-refractivity contribution < 1.29 is 9.53 Å². The van der Waals surface area contributed by atoms with Crippen LogP contribution in [0.1, 0.15) is 21.5 Å². The Morgan fingerprint density at radius 3 is 2.71 bits per heavy atom. The van der Waals surface area contributed by atoms with Gasteiger partial charge in [-0.15, -0.1) is 0 Å². The van der Waals surface area contributed by atoms with Crippen LogP contribution in [0.3, 0.4) is 0 Å². The molecule has 3 rings (SSSR count). The van der Waals surface area contributed by atoms with Gasteiger partial charge in [-0.05, 0) is 36.2 Å². The van der Waals surface area contributed by atoms with E-state index in [1.54, 1.807) is 0 Å². The number of hydrogen-bond acceptors (Lipinski definition) is 4. The van der Waals surface area contributed by atoms with Crippen LogP contribution in [0, 0.1) is 6.92 Å². The number of nitrogens with one attached hydrogen (secondary N) is 1. The van der Waals surface area contributed by atoms with Crippen LogP contribution < -0.4 is 16.0 Å². The number of carbonyl (C=O) groups excluding carboxylic acids is 1. The molecule has 0 spiro atoms. The normalized spacial score (nSPS) is 14.5. The van der Waals surface area contributed by atoms with Gasteiger partial charge < -0.3 is 20.7 Å². The third-order valence-electron chi connectivity index (χ3n) is 4.33. The number of morpholine rings is 1. The first-order valence-electron chi connectivity index (χ1n) is 8.20. The van der Waals surface area contributed by atoms with Crippen molar-refractivity contribution in [2.45, 2.75) is 13.5 Å². The molecule has 1 fully saturated rings. The molecule has 0 aromatic heterocycles. The summed E-state index contributed by atoms with van der Waals surface area (Å²) in [4.78, 5) is 13.8. The highest BCUT2D eigenvalue weighted by Gasteiger charge is 2.14. The Labute approximate surface area is 142 Å². The van der Waals surface area contributed by atoms with Gasteiger partial charge in [-0.25, -0.2) is 0 Å². The molecule has 0 saturated carbocycles. The first-order valence-corrected chi connectivity index (χ1v) is 8.20. The van der Waals surface area contributed by atoms with Crippen molar-refractivity contribution >= 4 is 17.3 Å². The van der Waals surface area contributed by atoms with E-state index in [1.807, 2.05) is 31.2 Å². The van der Waals surface area contributed by atoms with Gasteiger partial charge in [0, 0.05) is 36.6 Å². The maximum atomic E-state index is 11.5. The summed E-state index contributed by atoms with van der Waals surface area (Å²) in [5.41, 5.74) is 10.2. The summed E-state index contributed by atoms with van der Waals surface area (Å²) in [6.45, 7) is 5.93. The fraction of sp³-hybridized carbons (Fsp3) is 0.316. The zero-order valence-corrected chi connectivity index (χ0v) is 13.9. The molecule has 2 aromatic carbocycles. The van der Waals surface area contributed by atoms with Gasteiger partial charge in [0.2, 0.25) is 5.91 Å². The smallest absolute Gasteiger partial charge is 0.249 e. The maximum Gasteiger partial charge on any atom is 0.249 e. The zero-order chi connectivity index (χ0) is 16.9. The number of rotatable bonds is 5. The molecule has 0 aliphatic carbocycles. The largest absolute Gasteiger partial charge is 0.381 e. The van der Waals surface area contributed by atoms with Crippen molar-refractivity contribution in [3.05, 3.63) is 59.2 Å². The van der Waals surface area contributed by atoms with E-state index in [2.05, 4.69) is 28.4 Å². The van der Waals surface area contributed by atoms with Gasteiger partial charge in [0.15, 0.2) is 0 Å². The van der Waals surface area contributed by atoms with Crippen LogP contribution in [-0.2, 0) is 11.3 Å². The minimum atomic E-state index is -0.398. The molecule has 0 bridgehead atoms. The summed E-state index contributed by atoms with van der Waals surface area (Å²) < 4.78 is 5.44. The first-order chi connectivity index (χ1) is 11.6. The molecule has 5 heteroatoms. The Kier molecular flexibility index (Phi) is 5.01. The number of benzene rings is 2. The standard InChI is InChI=1S/C19H23N3O2/c1-14-6-7-16(12-17(14)19(20)23)21-13-15-4-2-3-5-18(15)22-8-10-24-11-9-22/h2-7,12,21H,8-11,13H2,1H3,(H2,20,23). The number of aryl methyl sites for hydroxylation is 1. The van der Waals surface area contributed by atoms with Gasteiger partial charge in [0.1, 0.15) is 0 Å². The van der Waals surface area contributed by atoms with Crippen LogP contribution in [0.2, 0.25) is 0 Å². The number of hydrogen-bond donors (Lipinski definition) is 2. The maximum absolute atomic E-state index is 11.5. The average molecular weight is 325 g/mol. The van der Waals surface area contributed by atoms with Gasteiger partial charge in [0.05, 0.1) is 13.2 Å². The number of amides is 1. The Hall–Kier alpha value is -2.53. The lowest BCUT2D eigenvalue weighted by Gasteiger charge is -2.30. The number of carbonyl (C=O) groups is 1. The SMILES string of the molecule is Cc1ccc(NCc2ccccc2N2CCOCC2)cc1C(N)=O. The van der Waals surface area contributed by atoms with Crippen molar-refractivity contribution in [1.29, 1.82) is 0 Å². The molecule has 0 radical (unpaired) electrons. The summed E-state index contributed by atoms with van der Waals surface area (Å²) in [5, 5.41) is 3.40. The van der Waals surface area contributed by atoms with E-state index in [0.29, 0.717) is 12.1 Å². The second kappa shape index (κ2) is 7.36. The van der Waals surface area contributed by atoms with Crippen molar-refractivity contribution in [1.82, 2.24) is 0 Å². The van der Waals surface area contributed by atoms with Gasteiger partial charge in [-0.3, -0.25) is 4.79 Å². The van der Waals surface area contributed by atoms with Crippen LogP contribution >= 0.6 is 0 Å². The van der Waals surface area contributed by atoms with Crippen molar-refractivity contribution in [2.24, 2.45) is 5.73 Å². The van der Waals surface area contributed by atoms with E-state index in [9.17, 15) is 4.79 Å². The van der Waals surface area contributed by atoms with E-state index in [0.717, 1.165) is 37.6 Å². The molecule has 5 nitrogen and oxygen atoms in total. The Morgan fingerprint density at radius 2 is 1.96 bits per heavy atom. The molecule has 1 amide bonds. The molecule has 3 N–H and O–H groups in total. The molecule has 1 saturated heterocycles. The lowest BCUT2D eigenvalue weighted by molar-refractivity contribution is 0.0999. The summed E-state index contributed by atoms with van der Waals surface area (Å²) in [5.74, 6) is -0.398. The number of anilines is 2. The molecular formula is C19H23N3O2. The highest BCUT2D eigenvalue weighted by atomic mass is 16.5. The van der Waals surface area contributed by atoms with Crippen molar-refractivity contribution in [2.75, 3.05) is 36.5 Å². The summed E-state index contributed by atoms with van der Waals surface area (Å²) >= 11 is 0. The zero-order valence-electron chi connectivity index (χ0n) is 13.9. The van der Waals surface area contributed by atoms with Gasteiger partial charge >= 0.3 is 0 Å². The lowest BCUT2D eigenvalue weighted by atomic mass is 10.1. The highest BCUT2D eigenvalue weighted by Crippen LogP contribution is 2.23. The fourth-order valence-electron chi connectivity index (χ4n) is 2.97. The Balaban J connectivity index is 1.75. The van der Waals surface area contributed by atoms with Crippen LogP contribution in [0.25, 0.3) is 0 Å². The van der Waals surface area contributed by atoms with E-state index in [1.165, 1.54) is 11.3 Å². The summed E-state index contributed by atoms with van der Waals surface area (Å²) in [6, 6.07) is 14.1. The topological polar surface area (TPSA) is 67.6 Å². The van der Waals surface area contributed by atoms with E-state index in [-0.39, 0.29) is 0 Å². The van der Waals surface area contributed by atoms with Gasteiger partial charge in [-0.2, -0.15) is 0 Å². The number of ether oxygens (including phenoxy) is 1. The second-order valence-corrected chi connectivity index (χ2v) is 5.98. The number of nitrogens with two attached hydrogens (primary N) is 1. The van der Waals surface area contributed by atoms with Crippen LogP contribution in [0.5, 0.6) is 0 Å². The second-order valence-electron chi connectivity index (χ2n) is 5.98. The highest BCUT2D eigenvalue weighted by molar-refractivity contribution is 5.95. The molecule has 1 aliphatic heterocycles. The lowest BCUT2D eigenvalue weighted by Crippen LogP contribution is -2.36.